The second kappa shape index (κ2) is 5.38. The Morgan fingerprint density at radius 3 is 2.86 bits per heavy atom. The summed E-state index contributed by atoms with van der Waals surface area (Å²) in [6.45, 7) is 5.23. The summed E-state index contributed by atoms with van der Waals surface area (Å²) < 4.78 is 7.47. The fraction of sp³-hybridized carbons (Fsp3) is 0.312. The van der Waals surface area contributed by atoms with Crippen LogP contribution < -0.4 is 4.90 Å². The normalized spacial score (nSPS) is 15.4. The first-order chi connectivity index (χ1) is 10.8. The van der Waals surface area contributed by atoms with Gasteiger partial charge in [-0.2, -0.15) is 0 Å². The lowest BCUT2D eigenvalue weighted by molar-refractivity contribution is 0.122. The van der Waals surface area contributed by atoms with Crippen LogP contribution in [0.25, 0.3) is 17.0 Å². The first-order valence-electron chi connectivity index (χ1n) is 7.42. The monoisotopic (exact) mass is 295 g/mol. The summed E-state index contributed by atoms with van der Waals surface area (Å²) in [6.07, 6.45) is 3.64. The van der Waals surface area contributed by atoms with Gasteiger partial charge in [-0.25, -0.2) is 15.0 Å². The maximum atomic E-state index is 5.40. The molecular formula is C16H17N5O. The van der Waals surface area contributed by atoms with Gasteiger partial charge in [0.2, 0.25) is 0 Å². The average molecular weight is 295 g/mol. The number of pyridine rings is 1. The van der Waals surface area contributed by atoms with Crippen LogP contribution in [0.2, 0.25) is 0 Å². The maximum Gasteiger partial charge on any atom is 0.137 e. The van der Waals surface area contributed by atoms with E-state index in [2.05, 4.69) is 24.3 Å². The van der Waals surface area contributed by atoms with Gasteiger partial charge in [-0.05, 0) is 19.1 Å². The molecule has 3 aromatic rings. The zero-order valence-electron chi connectivity index (χ0n) is 12.4. The number of rotatable bonds is 2. The van der Waals surface area contributed by atoms with Gasteiger partial charge in [0.25, 0.3) is 0 Å². The number of hydrogen-bond acceptors (Lipinski definition) is 5. The zero-order valence-corrected chi connectivity index (χ0v) is 12.4. The molecule has 1 aliphatic heterocycles. The fourth-order valence-electron chi connectivity index (χ4n) is 2.86. The third-order valence-corrected chi connectivity index (χ3v) is 3.93. The van der Waals surface area contributed by atoms with Crippen molar-refractivity contribution in [2.24, 2.45) is 0 Å². The highest BCUT2D eigenvalue weighted by molar-refractivity contribution is 5.66. The van der Waals surface area contributed by atoms with Crippen molar-refractivity contribution < 1.29 is 4.74 Å². The number of morpholine rings is 1. The van der Waals surface area contributed by atoms with Gasteiger partial charge in [0.15, 0.2) is 0 Å². The molecule has 0 bridgehead atoms. The lowest BCUT2D eigenvalue weighted by atomic mass is 10.2. The van der Waals surface area contributed by atoms with E-state index in [1.807, 2.05) is 37.4 Å². The van der Waals surface area contributed by atoms with E-state index in [9.17, 15) is 0 Å². The Morgan fingerprint density at radius 2 is 2.00 bits per heavy atom. The summed E-state index contributed by atoms with van der Waals surface area (Å²) in [5.41, 5.74) is 3.82. The third-order valence-electron chi connectivity index (χ3n) is 3.93. The summed E-state index contributed by atoms with van der Waals surface area (Å²) in [4.78, 5) is 15.7. The summed E-state index contributed by atoms with van der Waals surface area (Å²) in [5.74, 6) is 0.943. The number of ether oxygens (including phenoxy) is 1. The predicted octanol–water partition coefficient (Wildman–Crippen LogP) is 1.94. The van der Waals surface area contributed by atoms with Crippen LogP contribution in [0.5, 0.6) is 0 Å². The van der Waals surface area contributed by atoms with Gasteiger partial charge < -0.3 is 9.64 Å². The molecule has 112 valence electrons. The van der Waals surface area contributed by atoms with Crippen LogP contribution in [0.4, 0.5) is 5.82 Å². The zero-order chi connectivity index (χ0) is 14.9. The lowest BCUT2D eigenvalue weighted by Gasteiger charge is -2.27. The first-order valence-corrected chi connectivity index (χ1v) is 7.42. The quantitative estimate of drug-likeness (QED) is 0.723. The highest BCUT2D eigenvalue weighted by Crippen LogP contribution is 2.25. The molecule has 0 N–H and O–H groups in total. The van der Waals surface area contributed by atoms with E-state index in [0.29, 0.717) is 0 Å². The molecule has 0 radical (unpaired) electrons. The van der Waals surface area contributed by atoms with Crippen LogP contribution in [0, 0.1) is 6.92 Å². The van der Waals surface area contributed by atoms with Crippen molar-refractivity contribution in [2.75, 3.05) is 31.2 Å². The molecule has 0 aromatic carbocycles. The first kappa shape index (κ1) is 13.2. The summed E-state index contributed by atoms with van der Waals surface area (Å²) in [7, 11) is 0. The van der Waals surface area contributed by atoms with Crippen molar-refractivity contribution in [1.29, 1.82) is 0 Å². The van der Waals surface area contributed by atoms with Crippen molar-refractivity contribution >= 4 is 11.5 Å². The van der Waals surface area contributed by atoms with E-state index in [0.717, 1.165) is 54.9 Å². The minimum absolute atomic E-state index is 0.744. The number of fused-ring (bicyclic) bond motifs is 1. The van der Waals surface area contributed by atoms with Crippen LogP contribution in [0.3, 0.4) is 0 Å². The van der Waals surface area contributed by atoms with Crippen LogP contribution in [0.15, 0.2) is 36.8 Å². The summed E-state index contributed by atoms with van der Waals surface area (Å²) >= 11 is 0. The molecule has 1 aliphatic rings. The molecule has 1 saturated heterocycles. The van der Waals surface area contributed by atoms with Crippen LogP contribution in [-0.4, -0.2) is 45.7 Å². The van der Waals surface area contributed by atoms with E-state index in [1.54, 1.807) is 6.33 Å². The molecule has 3 aromatic heterocycles. The summed E-state index contributed by atoms with van der Waals surface area (Å²) in [5, 5.41) is 0. The van der Waals surface area contributed by atoms with Crippen LogP contribution in [0.1, 0.15) is 5.69 Å². The number of imidazole rings is 1. The second-order valence-corrected chi connectivity index (χ2v) is 5.34. The molecule has 4 rings (SSSR count). The van der Waals surface area contributed by atoms with Gasteiger partial charge in [0, 0.05) is 25.4 Å². The second-order valence-electron chi connectivity index (χ2n) is 5.34. The number of anilines is 1. The van der Waals surface area contributed by atoms with Gasteiger partial charge in [0.1, 0.15) is 17.8 Å². The van der Waals surface area contributed by atoms with E-state index in [4.69, 9.17) is 4.74 Å². The predicted molar refractivity (Wildman–Crippen MR) is 84.0 cm³/mol. The Bertz CT molecular complexity index is 807. The molecule has 0 amide bonds. The average Bonchev–Trinajstić information content (AvgIpc) is 2.91. The van der Waals surface area contributed by atoms with Crippen molar-refractivity contribution in [3.05, 3.63) is 42.5 Å². The Morgan fingerprint density at radius 1 is 1.14 bits per heavy atom. The van der Waals surface area contributed by atoms with Gasteiger partial charge in [-0.1, -0.05) is 6.07 Å². The molecular weight excluding hydrogens is 278 g/mol. The topological polar surface area (TPSA) is 55.5 Å². The van der Waals surface area contributed by atoms with Crippen molar-refractivity contribution in [3.8, 4) is 11.4 Å². The minimum Gasteiger partial charge on any atom is -0.378 e. The number of aromatic nitrogens is 4. The standard InChI is InChI=1S/C16H17N5O/c1-12-16(21-5-3-2-4-14(21)19-12)13-10-15(18-11-17-13)20-6-8-22-9-7-20/h2-5,10-11H,6-9H2,1H3. The summed E-state index contributed by atoms with van der Waals surface area (Å²) in [6, 6.07) is 8.03. The van der Waals surface area contributed by atoms with E-state index < -0.39 is 0 Å². The highest BCUT2D eigenvalue weighted by atomic mass is 16.5. The highest BCUT2D eigenvalue weighted by Gasteiger charge is 2.16. The Kier molecular flexibility index (Phi) is 3.23. The van der Waals surface area contributed by atoms with Gasteiger partial charge in [-0.15, -0.1) is 0 Å². The number of aryl methyl sites for hydroxylation is 1. The van der Waals surface area contributed by atoms with Gasteiger partial charge in [-0.3, -0.25) is 4.40 Å². The van der Waals surface area contributed by atoms with Crippen molar-refractivity contribution in [1.82, 2.24) is 19.4 Å². The fourth-order valence-corrected chi connectivity index (χ4v) is 2.86. The van der Waals surface area contributed by atoms with E-state index in [1.165, 1.54) is 0 Å². The molecule has 0 spiro atoms. The molecule has 0 atom stereocenters. The molecule has 0 unspecified atom stereocenters. The SMILES string of the molecule is Cc1nc2ccccn2c1-c1cc(N2CCOCC2)ncn1. The smallest absolute Gasteiger partial charge is 0.137 e. The molecule has 0 saturated carbocycles. The Hall–Kier alpha value is -2.47. The number of hydrogen-bond donors (Lipinski definition) is 0. The molecule has 1 fully saturated rings. The molecule has 6 nitrogen and oxygen atoms in total. The minimum atomic E-state index is 0.744. The Balaban J connectivity index is 1.80. The van der Waals surface area contributed by atoms with Crippen molar-refractivity contribution in [3.63, 3.8) is 0 Å². The molecule has 0 aliphatic carbocycles. The molecule has 22 heavy (non-hydrogen) atoms. The lowest BCUT2D eigenvalue weighted by Crippen LogP contribution is -2.36. The maximum absolute atomic E-state index is 5.40. The van der Waals surface area contributed by atoms with E-state index >= 15 is 0 Å². The molecule has 6 heteroatoms. The van der Waals surface area contributed by atoms with Gasteiger partial charge >= 0.3 is 0 Å². The third kappa shape index (κ3) is 2.21. The Labute approximate surface area is 128 Å². The van der Waals surface area contributed by atoms with E-state index in [-0.39, 0.29) is 0 Å². The van der Waals surface area contributed by atoms with Crippen LogP contribution in [-0.2, 0) is 4.74 Å². The number of nitrogens with zero attached hydrogens (tertiary/aromatic N) is 5. The van der Waals surface area contributed by atoms with Crippen molar-refractivity contribution in [2.45, 2.75) is 6.92 Å². The largest absolute Gasteiger partial charge is 0.378 e. The molecule has 4 heterocycles. The van der Waals surface area contributed by atoms with Crippen LogP contribution >= 0.6 is 0 Å². The van der Waals surface area contributed by atoms with Gasteiger partial charge in [0.05, 0.1) is 30.3 Å².